The first-order valence-electron chi connectivity index (χ1n) is 6.87. The Balaban J connectivity index is 3.15. The zero-order valence-electron chi connectivity index (χ0n) is 12.1. The highest BCUT2D eigenvalue weighted by atomic mass is 19.4. The molecule has 0 radical (unpaired) electrons. The molecule has 1 aromatic rings. The maximum Gasteiger partial charge on any atom is 0.416 e. The third-order valence-corrected chi connectivity index (χ3v) is 3.77. The van der Waals surface area contributed by atoms with E-state index in [2.05, 4.69) is 0 Å². The van der Waals surface area contributed by atoms with E-state index in [1.165, 1.54) is 6.07 Å². The van der Waals surface area contributed by atoms with Crippen molar-refractivity contribution in [1.82, 2.24) is 0 Å². The Hall–Kier alpha value is -1.07. The van der Waals surface area contributed by atoms with Gasteiger partial charge >= 0.3 is 6.18 Å². The van der Waals surface area contributed by atoms with Crippen LogP contribution in [0.4, 0.5) is 13.2 Å². The molecule has 1 rings (SSSR count). The lowest BCUT2D eigenvalue weighted by molar-refractivity contribution is -0.137. The number of nitrogens with two attached hydrogens (primary N) is 1. The summed E-state index contributed by atoms with van der Waals surface area (Å²) in [4.78, 5) is 0. The number of ether oxygens (including phenoxy) is 1. The van der Waals surface area contributed by atoms with Crippen LogP contribution in [-0.2, 0) is 10.9 Å². The highest BCUT2D eigenvalue weighted by Crippen LogP contribution is 2.36. The second-order valence-electron chi connectivity index (χ2n) is 4.81. The van der Waals surface area contributed by atoms with E-state index >= 15 is 0 Å². The summed E-state index contributed by atoms with van der Waals surface area (Å²) in [6.07, 6.45) is -3.06. The molecule has 1 unspecified atom stereocenters. The first-order valence-corrected chi connectivity index (χ1v) is 6.87. The fourth-order valence-electron chi connectivity index (χ4n) is 2.48. The number of hydrogen-bond acceptors (Lipinski definition) is 2. The zero-order chi connectivity index (χ0) is 15.4. The predicted molar refractivity (Wildman–Crippen MR) is 73.3 cm³/mol. The summed E-state index contributed by atoms with van der Waals surface area (Å²) in [7, 11) is 0. The van der Waals surface area contributed by atoms with Gasteiger partial charge in [-0.15, -0.1) is 0 Å². The standard InChI is InChI=1S/C15H22F3NO/c1-4-14(5-2,20-6-3)13(19)11-8-7-9-12(10-11)15(16,17)18/h7-10,13H,4-6,19H2,1-3H3. The first-order chi connectivity index (χ1) is 9.30. The molecule has 0 saturated carbocycles. The molecule has 0 fully saturated rings. The van der Waals surface area contributed by atoms with Crippen molar-refractivity contribution >= 4 is 0 Å². The van der Waals surface area contributed by atoms with Crippen LogP contribution in [0.5, 0.6) is 0 Å². The molecule has 0 amide bonds. The Morgan fingerprint density at radius 2 is 1.75 bits per heavy atom. The Labute approximate surface area is 118 Å². The van der Waals surface area contributed by atoms with E-state index in [0.29, 0.717) is 25.0 Å². The van der Waals surface area contributed by atoms with Crippen LogP contribution in [0.25, 0.3) is 0 Å². The minimum atomic E-state index is -4.36. The molecule has 5 heteroatoms. The monoisotopic (exact) mass is 289 g/mol. The summed E-state index contributed by atoms with van der Waals surface area (Å²) < 4.78 is 44.1. The molecule has 20 heavy (non-hydrogen) atoms. The summed E-state index contributed by atoms with van der Waals surface area (Å²) in [5.74, 6) is 0. The van der Waals surface area contributed by atoms with Gasteiger partial charge in [-0.1, -0.05) is 26.0 Å². The normalized spacial score (nSPS) is 14.3. The van der Waals surface area contributed by atoms with Crippen molar-refractivity contribution in [3.05, 3.63) is 35.4 Å². The molecule has 114 valence electrons. The van der Waals surface area contributed by atoms with Gasteiger partial charge in [-0.3, -0.25) is 0 Å². The van der Waals surface area contributed by atoms with Gasteiger partial charge in [0.1, 0.15) is 0 Å². The van der Waals surface area contributed by atoms with Crippen molar-refractivity contribution in [2.75, 3.05) is 6.61 Å². The lowest BCUT2D eigenvalue weighted by Gasteiger charge is -2.37. The molecule has 0 bridgehead atoms. The van der Waals surface area contributed by atoms with Crippen molar-refractivity contribution < 1.29 is 17.9 Å². The molecular weight excluding hydrogens is 267 g/mol. The van der Waals surface area contributed by atoms with Gasteiger partial charge in [0.05, 0.1) is 17.2 Å². The number of alkyl halides is 3. The van der Waals surface area contributed by atoms with E-state index in [1.54, 1.807) is 6.07 Å². The molecule has 2 N–H and O–H groups in total. The average molecular weight is 289 g/mol. The van der Waals surface area contributed by atoms with E-state index in [1.807, 2.05) is 20.8 Å². The molecule has 0 aliphatic rings. The maximum atomic E-state index is 12.8. The van der Waals surface area contributed by atoms with Crippen molar-refractivity contribution in [3.63, 3.8) is 0 Å². The lowest BCUT2D eigenvalue weighted by Crippen LogP contribution is -2.43. The molecule has 0 spiro atoms. The fraction of sp³-hybridized carbons (Fsp3) is 0.600. The second kappa shape index (κ2) is 6.59. The van der Waals surface area contributed by atoms with Gasteiger partial charge < -0.3 is 10.5 Å². The van der Waals surface area contributed by atoms with Crippen LogP contribution >= 0.6 is 0 Å². The predicted octanol–water partition coefficient (Wildman–Crippen LogP) is 4.30. The van der Waals surface area contributed by atoms with Gasteiger partial charge in [0.2, 0.25) is 0 Å². The van der Waals surface area contributed by atoms with Crippen molar-refractivity contribution in [2.24, 2.45) is 5.73 Å². The molecule has 1 aromatic carbocycles. The van der Waals surface area contributed by atoms with Gasteiger partial charge in [0, 0.05) is 6.61 Å². The molecule has 0 aromatic heterocycles. The van der Waals surface area contributed by atoms with Crippen LogP contribution in [0.15, 0.2) is 24.3 Å². The lowest BCUT2D eigenvalue weighted by atomic mass is 9.84. The molecule has 0 aliphatic carbocycles. The van der Waals surface area contributed by atoms with E-state index in [4.69, 9.17) is 10.5 Å². The number of benzene rings is 1. The Morgan fingerprint density at radius 3 is 2.20 bits per heavy atom. The minimum Gasteiger partial charge on any atom is -0.373 e. The largest absolute Gasteiger partial charge is 0.416 e. The quantitative estimate of drug-likeness (QED) is 0.847. The summed E-state index contributed by atoms with van der Waals surface area (Å²) >= 11 is 0. The van der Waals surface area contributed by atoms with Crippen LogP contribution in [0.1, 0.15) is 50.8 Å². The van der Waals surface area contributed by atoms with E-state index in [-0.39, 0.29) is 0 Å². The number of hydrogen-bond donors (Lipinski definition) is 1. The van der Waals surface area contributed by atoms with E-state index in [0.717, 1.165) is 12.1 Å². The van der Waals surface area contributed by atoms with Gasteiger partial charge in [0.25, 0.3) is 0 Å². The SMILES string of the molecule is CCOC(CC)(CC)C(N)c1cccc(C(F)(F)F)c1. The van der Waals surface area contributed by atoms with Gasteiger partial charge in [-0.05, 0) is 37.5 Å². The Kier molecular flexibility index (Phi) is 5.59. The summed E-state index contributed by atoms with van der Waals surface area (Å²) in [5, 5.41) is 0. The topological polar surface area (TPSA) is 35.2 Å². The zero-order valence-corrected chi connectivity index (χ0v) is 12.1. The summed E-state index contributed by atoms with van der Waals surface area (Å²) in [6.45, 7) is 6.21. The van der Waals surface area contributed by atoms with Crippen LogP contribution in [0.2, 0.25) is 0 Å². The highest BCUT2D eigenvalue weighted by Gasteiger charge is 2.37. The first kappa shape index (κ1) is 17.0. The maximum absolute atomic E-state index is 12.8. The number of rotatable bonds is 6. The average Bonchev–Trinajstić information content (AvgIpc) is 2.43. The van der Waals surface area contributed by atoms with Gasteiger partial charge in [-0.25, -0.2) is 0 Å². The smallest absolute Gasteiger partial charge is 0.373 e. The molecule has 2 nitrogen and oxygen atoms in total. The number of halogens is 3. The van der Waals surface area contributed by atoms with E-state index < -0.39 is 23.4 Å². The highest BCUT2D eigenvalue weighted by molar-refractivity contribution is 5.29. The summed E-state index contributed by atoms with van der Waals surface area (Å²) in [6, 6.07) is 4.60. The minimum absolute atomic E-state index is 0.456. The van der Waals surface area contributed by atoms with Crippen LogP contribution < -0.4 is 5.73 Å². The molecular formula is C15H22F3NO. The van der Waals surface area contributed by atoms with Gasteiger partial charge in [-0.2, -0.15) is 13.2 Å². The van der Waals surface area contributed by atoms with Gasteiger partial charge in [0.15, 0.2) is 0 Å². The third-order valence-electron chi connectivity index (χ3n) is 3.77. The Morgan fingerprint density at radius 1 is 1.15 bits per heavy atom. The molecule has 0 aliphatic heterocycles. The Bertz CT molecular complexity index is 427. The van der Waals surface area contributed by atoms with Crippen LogP contribution in [-0.4, -0.2) is 12.2 Å². The van der Waals surface area contributed by atoms with E-state index in [9.17, 15) is 13.2 Å². The molecule has 1 atom stereocenters. The van der Waals surface area contributed by atoms with Crippen molar-refractivity contribution in [1.29, 1.82) is 0 Å². The van der Waals surface area contributed by atoms with Crippen molar-refractivity contribution in [3.8, 4) is 0 Å². The second-order valence-corrected chi connectivity index (χ2v) is 4.81. The third kappa shape index (κ3) is 3.52. The fourth-order valence-corrected chi connectivity index (χ4v) is 2.48. The van der Waals surface area contributed by atoms with Crippen LogP contribution in [0.3, 0.4) is 0 Å². The molecule has 0 heterocycles. The van der Waals surface area contributed by atoms with Crippen molar-refractivity contribution in [2.45, 2.75) is 51.4 Å². The summed E-state index contributed by atoms with van der Waals surface area (Å²) in [5.41, 5.74) is 5.35. The van der Waals surface area contributed by atoms with Crippen LogP contribution in [0, 0.1) is 0 Å². The molecule has 0 saturated heterocycles.